The summed E-state index contributed by atoms with van der Waals surface area (Å²) in [4.78, 5) is 4.74. The predicted molar refractivity (Wildman–Crippen MR) is 87.1 cm³/mol. The molecule has 0 spiro atoms. The maximum Gasteiger partial charge on any atom is 0.241 e. The lowest BCUT2D eigenvalue weighted by Crippen LogP contribution is -2.32. The number of hydrogen-bond acceptors (Lipinski definition) is 4. The molecule has 0 aliphatic carbocycles. The number of benzene rings is 1. The molecular formula is C15H20N2O2S2. The van der Waals surface area contributed by atoms with E-state index in [1.807, 2.05) is 38.3 Å². The average Bonchev–Trinajstić information content (AvgIpc) is 2.85. The number of hydrogen-bond donors (Lipinski definition) is 1. The summed E-state index contributed by atoms with van der Waals surface area (Å²) in [7, 11) is -3.50. The SMILES string of the molecule is CC[C@@H](C)NS(=O)(=O)c1cc(-c2csc(C)n2)ccc1C. The van der Waals surface area contributed by atoms with Crippen LogP contribution in [0.1, 0.15) is 30.8 Å². The highest BCUT2D eigenvalue weighted by molar-refractivity contribution is 7.89. The highest BCUT2D eigenvalue weighted by atomic mass is 32.2. The van der Waals surface area contributed by atoms with Crippen LogP contribution in [-0.4, -0.2) is 19.4 Å². The molecule has 6 heteroatoms. The van der Waals surface area contributed by atoms with E-state index in [2.05, 4.69) is 9.71 Å². The molecule has 0 saturated carbocycles. The molecular weight excluding hydrogens is 304 g/mol. The Morgan fingerprint density at radius 2 is 2.05 bits per heavy atom. The van der Waals surface area contributed by atoms with Crippen molar-refractivity contribution < 1.29 is 8.42 Å². The van der Waals surface area contributed by atoms with Crippen LogP contribution in [0.5, 0.6) is 0 Å². The molecule has 4 nitrogen and oxygen atoms in total. The second-order valence-corrected chi connectivity index (χ2v) is 7.91. The fourth-order valence-electron chi connectivity index (χ4n) is 1.96. The fraction of sp³-hybridized carbons (Fsp3) is 0.400. The van der Waals surface area contributed by atoms with Crippen molar-refractivity contribution in [2.24, 2.45) is 0 Å². The largest absolute Gasteiger partial charge is 0.242 e. The zero-order valence-corrected chi connectivity index (χ0v) is 14.3. The van der Waals surface area contributed by atoms with Gasteiger partial charge in [-0.3, -0.25) is 0 Å². The molecule has 1 N–H and O–H groups in total. The Hall–Kier alpha value is -1.24. The van der Waals surface area contributed by atoms with E-state index in [0.29, 0.717) is 4.90 Å². The van der Waals surface area contributed by atoms with Gasteiger partial charge in [-0.05, 0) is 38.8 Å². The van der Waals surface area contributed by atoms with E-state index < -0.39 is 10.0 Å². The van der Waals surface area contributed by atoms with E-state index in [1.54, 1.807) is 24.3 Å². The molecule has 114 valence electrons. The van der Waals surface area contributed by atoms with Crippen molar-refractivity contribution >= 4 is 21.4 Å². The highest BCUT2D eigenvalue weighted by Gasteiger charge is 2.20. The van der Waals surface area contributed by atoms with Crippen molar-refractivity contribution in [3.63, 3.8) is 0 Å². The lowest BCUT2D eigenvalue weighted by molar-refractivity contribution is 0.555. The Labute approximate surface area is 130 Å². The van der Waals surface area contributed by atoms with Crippen LogP contribution in [0.4, 0.5) is 0 Å². The Bertz CT molecular complexity index is 736. The number of sulfonamides is 1. The second kappa shape index (κ2) is 6.25. The van der Waals surface area contributed by atoms with Gasteiger partial charge in [-0.15, -0.1) is 11.3 Å². The van der Waals surface area contributed by atoms with Gasteiger partial charge < -0.3 is 0 Å². The smallest absolute Gasteiger partial charge is 0.241 e. The normalized spacial score (nSPS) is 13.3. The van der Waals surface area contributed by atoms with Crippen molar-refractivity contribution in [3.8, 4) is 11.3 Å². The minimum atomic E-state index is -3.50. The lowest BCUT2D eigenvalue weighted by atomic mass is 10.1. The van der Waals surface area contributed by atoms with Gasteiger partial charge >= 0.3 is 0 Å². The predicted octanol–water partition coefficient (Wildman–Crippen LogP) is 3.50. The third kappa shape index (κ3) is 3.70. The van der Waals surface area contributed by atoms with Crippen molar-refractivity contribution in [2.45, 2.75) is 45.1 Å². The Kier molecular flexibility index (Phi) is 4.81. The van der Waals surface area contributed by atoms with Crippen molar-refractivity contribution in [2.75, 3.05) is 0 Å². The van der Waals surface area contributed by atoms with Crippen molar-refractivity contribution in [1.29, 1.82) is 0 Å². The van der Waals surface area contributed by atoms with Crippen LogP contribution in [0.15, 0.2) is 28.5 Å². The highest BCUT2D eigenvalue weighted by Crippen LogP contribution is 2.26. The molecule has 0 aliphatic rings. The molecule has 1 atom stereocenters. The van der Waals surface area contributed by atoms with Gasteiger partial charge in [-0.2, -0.15) is 0 Å². The molecule has 0 radical (unpaired) electrons. The summed E-state index contributed by atoms with van der Waals surface area (Å²) in [5, 5.41) is 2.91. The quantitative estimate of drug-likeness (QED) is 0.915. The standard InChI is InChI=1S/C15H20N2O2S2/c1-5-11(3)17-21(18,19)15-8-13(7-6-10(15)2)14-9-20-12(4)16-14/h6-9,11,17H,5H2,1-4H3/t11-/m1/s1. The van der Waals surface area contributed by atoms with Gasteiger partial charge in [0, 0.05) is 17.0 Å². The molecule has 21 heavy (non-hydrogen) atoms. The van der Waals surface area contributed by atoms with Crippen molar-refractivity contribution in [1.82, 2.24) is 9.71 Å². The van der Waals surface area contributed by atoms with Gasteiger partial charge in [0.1, 0.15) is 0 Å². The van der Waals surface area contributed by atoms with Crippen LogP contribution in [0.3, 0.4) is 0 Å². The molecule has 0 unspecified atom stereocenters. The summed E-state index contributed by atoms with van der Waals surface area (Å²) in [6.45, 7) is 7.56. The fourth-order valence-corrected chi connectivity index (χ4v) is 4.18. The Morgan fingerprint density at radius 3 is 2.62 bits per heavy atom. The summed E-state index contributed by atoms with van der Waals surface area (Å²) in [5.74, 6) is 0. The summed E-state index contributed by atoms with van der Waals surface area (Å²) in [5.41, 5.74) is 2.38. The first-order valence-electron chi connectivity index (χ1n) is 6.89. The van der Waals surface area contributed by atoms with E-state index >= 15 is 0 Å². The first-order valence-corrected chi connectivity index (χ1v) is 9.25. The van der Waals surface area contributed by atoms with Gasteiger partial charge in [0.2, 0.25) is 10.0 Å². The van der Waals surface area contributed by atoms with E-state index in [1.165, 1.54) is 0 Å². The monoisotopic (exact) mass is 324 g/mol. The van der Waals surface area contributed by atoms with Gasteiger partial charge in [0.05, 0.1) is 15.6 Å². The number of rotatable bonds is 5. The van der Waals surface area contributed by atoms with Gasteiger partial charge in [-0.25, -0.2) is 18.1 Å². The van der Waals surface area contributed by atoms with Gasteiger partial charge in [0.15, 0.2) is 0 Å². The molecule has 2 rings (SSSR count). The molecule has 1 aromatic carbocycles. The van der Waals surface area contributed by atoms with Crippen LogP contribution in [-0.2, 0) is 10.0 Å². The van der Waals surface area contributed by atoms with Crippen LogP contribution < -0.4 is 4.72 Å². The Morgan fingerprint density at radius 1 is 1.33 bits per heavy atom. The maximum atomic E-state index is 12.5. The molecule has 0 saturated heterocycles. The Balaban J connectivity index is 2.44. The molecule has 0 amide bonds. The van der Waals surface area contributed by atoms with E-state index in [0.717, 1.165) is 28.2 Å². The summed E-state index contributed by atoms with van der Waals surface area (Å²) in [6, 6.07) is 5.36. The molecule has 1 heterocycles. The number of thiazole rings is 1. The second-order valence-electron chi connectivity index (χ2n) is 5.16. The van der Waals surface area contributed by atoms with Crippen LogP contribution in [0.2, 0.25) is 0 Å². The third-order valence-electron chi connectivity index (χ3n) is 3.36. The summed E-state index contributed by atoms with van der Waals surface area (Å²) >= 11 is 1.55. The zero-order chi connectivity index (χ0) is 15.6. The van der Waals surface area contributed by atoms with Gasteiger partial charge in [-0.1, -0.05) is 19.1 Å². The zero-order valence-electron chi connectivity index (χ0n) is 12.7. The molecule has 2 aromatic rings. The number of nitrogens with zero attached hydrogens (tertiary/aromatic N) is 1. The van der Waals surface area contributed by atoms with Crippen LogP contribution in [0.25, 0.3) is 11.3 Å². The first kappa shape index (κ1) is 16.1. The number of aryl methyl sites for hydroxylation is 2. The molecule has 0 aliphatic heterocycles. The first-order chi connectivity index (χ1) is 9.83. The summed E-state index contributed by atoms with van der Waals surface area (Å²) < 4.78 is 27.7. The van der Waals surface area contributed by atoms with Crippen molar-refractivity contribution in [3.05, 3.63) is 34.2 Å². The third-order valence-corrected chi connectivity index (χ3v) is 5.87. The summed E-state index contributed by atoms with van der Waals surface area (Å²) in [6.07, 6.45) is 0.753. The van der Waals surface area contributed by atoms with E-state index in [4.69, 9.17) is 0 Å². The topological polar surface area (TPSA) is 59.1 Å². The minimum Gasteiger partial charge on any atom is -0.242 e. The molecule has 1 aromatic heterocycles. The maximum absolute atomic E-state index is 12.5. The molecule has 0 bridgehead atoms. The average molecular weight is 324 g/mol. The van der Waals surface area contributed by atoms with Crippen LogP contribution in [0, 0.1) is 13.8 Å². The lowest BCUT2D eigenvalue weighted by Gasteiger charge is -2.14. The minimum absolute atomic E-state index is 0.0837. The van der Waals surface area contributed by atoms with E-state index in [-0.39, 0.29) is 6.04 Å². The van der Waals surface area contributed by atoms with Gasteiger partial charge in [0.25, 0.3) is 0 Å². The number of aromatic nitrogens is 1. The molecule has 0 fully saturated rings. The number of nitrogens with one attached hydrogen (secondary N) is 1. The van der Waals surface area contributed by atoms with E-state index in [9.17, 15) is 8.42 Å². The van der Waals surface area contributed by atoms with Crippen LogP contribution >= 0.6 is 11.3 Å².